The topological polar surface area (TPSA) is 50.4 Å². The fourth-order valence-corrected chi connectivity index (χ4v) is 2.36. The molecule has 116 valence electrons. The van der Waals surface area contributed by atoms with Gasteiger partial charge in [0.2, 0.25) is 0 Å². The summed E-state index contributed by atoms with van der Waals surface area (Å²) >= 11 is 0. The lowest BCUT2D eigenvalue weighted by Crippen LogP contribution is -2.50. The van der Waals surface area contributed by atoms with Gasteiger partial charge < -0.3 is 15.4 Å². The summed E-state index contributed by atoms with van der Waals surface area (Å²) in [5, 5.41) is 6.41. The first-order chi connectivity index (χ1) is 9.72. The maximum atomic E-state index is 12.4. The molecule has 2 rings (SSSR count). The van der Waals surface area contributed by atoms with Crippen LogP contribution in [0, 0.1) is 5.92 Å². The maximum absolute atomic E-state index is 12.4. The van der Waals surface area contributed by atoms with E-state index in [9.17, 15) is 4.79 Å². The highest BCUT2D eigenvalue weighted by molar-refractivity contribution is 5.97. The van der Waals surface area contributed by atoms with E-state index in [1.54, 1.807) is 18.2 Å². The van der Waals surface area contributed by atoms with E-state index in [1.807, 2.05) is 12.1 Å². The smallest absolute Gasteiger partial charge is 0.255 e. The molecule has 0 aliphatic carbocycles. The van der Waals surface area contributed by atoms with Crippen LogP contribution in [0.4, 0.5) is 0 Å². The second kappa shape index (κ2) is 8.70. The van der Waals surface area contributed by atoms with Crippen LogP contribution in [0.3, 0.4) is 0 Å². The van der Waals surface area contributed by atoms with Crippen LogP contribution in [0.15, 0.2) is 36.9 Å². The monoisotopic (exact) mass is 310 g/mol. The highest BCUT2D eigenvalue weighted by atomic mass is 35.5. The van der Waals surface area contributed by atoms with E-state index in [2.05, 4.69) is 24.1 Å². The zero-order valence-electron chi connectivity index (χ0n) is 12.3. The van der Waals surface area contributed by atoms with Crippen LogP contribution in [-0.2, 0) is 0 Å². The number of rotatable bonds is 5. The maximum Gasteiger partial charge on any atom is 0.255 e. The molecule has 21 heavy (non-hydrogen) atoms. The lowest BCUT2D eigenvalue weighted by molar-refractivity contribution is 0.0911. The minimum Gasteiger partial charge on any atom is -0.489 e. The van der Waals surface area contributed by atoms with Crippen molar-refractivity contribution in [3.8, 4) is 5.75 Å². The summed E-state index contributed by atoms with van der Waals surface area (Å²) in [6.07, 6.45) is 2.75. The Kier molecular flexibility index (Phi) is 7.26. The number of carbonyl (C=O) groups is 1. The summed E-state index contributed by atoms with van der Waals surface area (Å²) < 4.78 is 5.53. The number of ether oxygens (including phenoxy) is 1. The van der Waals surface area contributed by atoms with Gasteiger partial charge in [0.15, 0.2) is 0 Å². The van der Waals surface area contributed by atoms with Gasteiger partial charge >= 0.3 is 0 Å². The van der Waals surface area contributed by atoms with E-state index in [1.165, 1.54) is 0 Å². The number of halogens is 1. The molecule has 0 aromatic heterocycles. The Balaban J connectivity index is 0.00000220. The number of carbonyl (C=O) groups excluding carboxylic acids is 1. The predicted octanol–water partition coefficient (Wildman–Crippen LogP) is 2.40. The van der Waals surface area contributed by atoms with Crippen LogP contribution in [0.25, 0.3) is 0 Å². The molecule has 1 aromatic carbocycles. The summed E-state index contributed by atoms with van der Waals surface area (Å²) in [7, 11) is 0. The second-order valence-corrected chi connectivity index (χ2v) is 5.15. The minimum absolute atomic E-state index is 0. The van der Waals surface area contributed by atoms with Crippen molar-refractivity contribution in [3.05, 3.63) is 42.5 Å². The van der Waals surface area contributed by atoms with Crippen LogP contribution in [0.2, 0.25) is 0 Å². The fourth-order valence-electron chi connectivity index (χ4n) is 2.36. The Morgan fingerprint density at radius 3 is 3.00 bits per heavy atom. The Morgan fingerprint density at radius 1 is 1.52 bits per heavy atom. The van der Waals surface area contributed by atoms with Gasteiger partial charge in [-0.15, -0.1) is 12.4 Å². The van der Waals surface area contributed by atoms with Gasteiger partial charge in [0.25, 0.3) is 5.91 Å². The molecule has 2 unspecified atom stereocenters. The van der Waals surface area contributed by atoms with Gasteiger partial charge in [-0.1, -0.05) is 31.7 Å². The van der Waals surface area contributed by atoms with Crippen molar-refractivity contribution < 1.29 is 9.53 Å². The Hall–Kier alpha value is -1.52. The number of benzene rings is 1. The van der Waals surface area contributed by atoms with E-state index >= 15 is 0 Å². The van der Waals surface area contributed by atoms with Crippen LogP contribution in [-0.4, -0.2) is 31.6 Å². The molecule has 1 aliphatic heterocycles. The molecule has 1 fully saturated rings. The minimum atomic E-state index is -0.0785. The molecule has 2 atom stereocenters. The first kappa shape index (κ1) is 17.5. The molecule has 0 radical (unpaired) electrons. The van der Waals surface area contributed by atoms with Crippen LogP contribution >= 0.6 is 12.4 Å². The lowest BCUT2D eigenvalue weighted by atomic mass is 9.94. The van der Waals surface area contributed by atoms with Gasteiger partial charge in [-0.2, -0.15) is 0 Å². The zero-order valence-corrected chi connectivity index (χ0v) is 13.1. The zero-order chi connectivity index (χ0) is 14.4. The van der Waals surface area contributed by atoms with Crippen molar-refractivity contribution in [2.24, 2.45) is 5.92 Å². The SMILES string of the molecule is C=CCOc1ccccc1C(=O)NC1CNCCC1C.Cl. The third-order valence-electron chi connectivity index (χ3n) is 3.63. The molecule has 1 heterocycles. The summed E-state index contributed by atoms with van der Waals surface area (Å²) in [5.41, 5.74) is 0.576. The average Bonchev–Trinajstić information content (AvgIpc) is 2.47. The van der Waals surface area contributed by atoms with E-state index < -0.39 is 0 Å². The van der Waals surface area contributed by atoms with E-state index in [0.29, 0.717) is 23.8 Å². The van der Waals surface area contributed by atoms with Crippen LogP contribution < -0.4 is 15.4 Å². The second-order valence-electron chi connectivity index (χ2n) is 5.15. The van der Waals surface area contributed by atoms with Gasteiger partial charge in [-0.05, 0) is 31.0 Å². The first-order valence-corrected chi connectivity index (χ1v) is 7.06. The van der Waals surface area contributed by atoms with Crippen LogP contribution in [0.5, 0.6) is 5.75 Å². The largest absolute Gasteiger partial charge is 0.489 e. The van der Waals surface area contributed by atoms with Crippen molar-refractivity contribution in [1.82, 2.24) is 10.6 Å². The molecule has 0 saturated carbocycles. The summed E-state index contributed by atoms with van der Waals surface area (Å²) in [6, 6.07) is 7.47. The normalized spacial score (nSPS) is 21.0. The fraction of sp³-hybridized carbons (Fsp3) is 0.438. The number of para-hydroxylation sites is 1. The molecule has 1 saturated heterocycles. The molecule has 1 aliphatic rings. The van der Waals surface area contributed by atoms with Crippen molar-refractivity contribution in [2.45, 2.75) is 19.4 Å². The summed E-state index contributed by atoms with van der Waals surface area (Å²) in [6.45, 7) is 8.03. The van der Waals surface area contributed by atoms with Crippen molar-refractivity contribution >= 4 is 18.3 Å². The average molecular weight is 311 g/mol. The molecule has 1 amide bonds. The highest BCUT2D eigenvalue weighted by Crippen LogP contribution is 2.19. The van der Waals surface area contributed by atoms with Gasteiger partial charge in [0.1, 0.15) is 12.4 Å². The predicted molar refractivity (Wildman–Crippen MR) is 87.3 cm³/mol. The van der Waals surface area contributed by atoms with Crippen molar-refractivity contribution in [2.75, 3.05) is 19.7 Å². The van der Waals surface area contributed by atoms with E-state index in [0.717, 1.165) is 19.5 Å². The standard InChI is InChI=1S/C16H22N2O2.ClH/c1-3-10-20-15-7-5-4-6-13(15)16(19)18-14-11-17-9-8-12(14)2;/h3-7,12,14,17H,1,8-11H2,2H3,(H,18,19);1H. The van der Waals surface area contributed by atoms with Gasteiger partial charge in [0.05, 0.1) is 5.56 Å². The first-order valence-electron chi connectivity index (χ1n) is 7.06. The number of nitrogens with one attached hydrogen (secondary N) is 2. The Bertz CT molecular complexity index is 479. The molecule has 5 heteroatoms. The number of amides is 1. The van der Waals surface area contributed by atoms with Crippen molar-refractivity contribution in [1.29, 1.82) is 0 Å². The molecular weight excluding hydrogens is 288 g/mol. The van der Waals surface area contributed by atoms with Crippen LogP contribution in [0.1, 0.15) is 23.7 Å². The molecule has 1 aromatic rings. The lowest BCUT2D eigenvalue weighted by Gasteiger charge is -2.30. The Morgan fingerprint density at radius 2 is 2.29 bits per heavy atom. The third-order valence-corrected chi connectivity index (χ3v) is 3.63. The quantitative estimate of drug-likeness (QED) is 0.821. The van der Waals surface area contributed by atoms with Gasteiger partial charge in [-0.25, -0.2) is 0 Å². The van der Waals surface area contributed by atoms with E-state index in [4.69, 9.17) is 4.74 Å². The number of hydrogen-bond acceptors (Lipinski definition) is 3. The number of hydrogen-bond donors (Lipinski definition) is 2. The number of piperidine rings is 1. The van der Waals surface area contributed by atoms with Gasteiger partial charge in [0, 0.05) is 12.6 Å². The van der Waals surface area contributed by atoms with Gasteiger partial charge in [-0.3, -0.25) is 4.79 Å². The molecule has 0 bridgehead atoms. The summed E-state index contributed by atoms with van der Waals surface area (Å²) in [5.74, 6) is 1.01. The molecular formula is C16H23ClN2O2. The van der Waals surface area contributed by atoms with Crippen molar-refractivity contribution in [3.63, 3.8) is 0 Å². The molecule has 2 N–H and O–H groups in total. The Labute approximate surface area is 132 Å². The van der Waals surface area contributed by atoms with E-state index in [-0.39, 0.29) is 24.4 Å². The molecule has 4 nitrogen and oxygen atoms in total. The summed E-state index contributed by atoms with van der Waals surface area (Å²) in [4.78, 5) is 12.4. The third kappa shape index (κ3) is 4.76. The molecule has 0 spiro atoms. The highest BCUT2D eigenvalue weighted by Gasteiger charge is 2.24.